The van der Waals surface area contributed by atoms with Crippen LogP contribution >= 0.6 is 0 Å². The van der Waals surface area contributed by atoms with Crippen LogP contribution in [-0.2, 0) is 5.41 Å². The highest BCUT2D eigenvalue weighted by atomic mass is 19.1. The van der Waals surface area contributed by atoms with Gasteiger partial charge in [0.1, 0.15) is 11.6 Å². The van der Waals surface area contributed by atoms with Crippen LogP contribution in [0, 0.1) is 22.9 Å². The van der Waals surface area contributed by atoms with E-state index in [0.29, 0.717) is 22.9 Å². The number of hydrogen-bond donors (Lipinski definition) is 1. The predicted octanol–water partition coefficient (Wildman–Crippen LogP) is 4.36. The van der Waals surface area contributed by atoms with Crippen LogP contribution in [0.1, 0.15) is 42.6 Å². The van der Waals surface area contributed by atoms with Gasteiger partial charge in [0.25, 0.3) is 11.6 Å². The molecule has 0 aliphatic heterocycles. The Labute approximate surface area is 194 Å². The second-order valence-corrected chi connectivity index (χ2v) is 8.72. The molecule has 2 aromatic heterocycles. The first-order valence-electron chi connectivity index (χ1n) is 10.4. The van der Waals surface area contributed by atoms with Crippen LogP contribution < -0.4 is 5.32 Å². The summed E-state index contributed by atoms with van der Waals surface area (Å²) in [7, 11) is 0. The molecule has 0 radical (unpaired) electrons. The molecule has 0 saturated carbocycles. The third kappa shape index (κ3) is 4.40. The van der Waals surface area contributed by atoms with Gasteiger partial charge < -0.3 is 5.32 Å². The average molecular weight is 463 g/mol. The van der Waals surface area contributed by atoms with E-state index in [-0.39, 0.29) is 22.6 Å². The van der Waals surface area contributed by atoms with Crippen LogP contribution in [0.4, 0.5) is 15.9 Å². The number of rotatable bonds is 5. The largest absolute Gasteiger partial charge is 0.305 e. The molecule has 0 bridgehead atoms. The lowest BCUT2D eigenvalue weighted by Gasteiger charge is -2.14. The molecule has 0 atom stereocenters. The highest BCUT2D eigenvalue weighted by molar-refractivity contribution is 6.03. The van der Waals surface area contributed by atoms with Gasteiger partial charge in [-0.25, -0.2) is 13.8 Å². The maximum Gasteiger partial charge on any atom is 0.279 e. The van der Waals surface area contributed by atoms with Crippen LogP contribution in [0.15, 0.2) is 54.6 Å². The van der Waals surface area contributed by atoms with E-state index >= 15 is 0 Å². The zero-order valence-corrected chi connectivity index (χ0v) is 19.0. The van der Waals surface area contributed by atoms with Crippen LogP contribution in [0.25, 0.3) is 11.4 Å². The Kier molecular flexibility index (Phi) is 5.70. The molecule has 174 valence electrons. The molecule has 0 spiro atoms. The molecule has 34 heavy (non-hydrogen) atoms. The van der Waals surface area contributed by atoms with E-state index in [0.717, 1.165) is 5.69 Å². The van der Waals surface area contributed by atoms with E-state index in [1.165, 1.54) is 39.7 Å². The summed E-state index contributed by atoms with van der Waals surface area (Å²) in [6.45, 7) is 7.62. The second kappa shape index (κ2) is 8.50. The molecule has 0 aliphatic carbocycles. The number of halogens is 1. The number of nitro groups is 1. The van der Waals surface area contributed by atoms with Gasteiger partial charge in [0, 0.05) is 23.6 Å². The zero-order chi connectivity index (χ0) is 24.6. The van der Waals surface area contributed by atoms with Crippen molar-refractivity contribution in [2.24, 2.45) is 0 Å². The maximum absolute atomic E-state index is 13.4. The number of benzene rings is 2. The molecule has 1 amide bonds. The van der Waals surface area contributed by atoms with Crippen molar-refractivity contribution in [1.82, 2.24) is 24.8 Å². The van der Waals surface area contributed by atoms with E-state index in [2.05, 4.69) is 20.7 Å². The number of anilines is 1. The van der Waals surface area contributed by atoms with Crippen LogP contribution in [-0.4, -0.2) is 35.6 Å². The lowest BCUT2D eigenvalue weighted by Crippen LogP contribution is -2.17. The van der Waals surface area contributed by atoms with E-state index in [1.807, 2.05) is 20.8 Å². The summed E-state index contributed by atoms with van der Waals surface area (Å²) in [5.41, 5.74) is 1.76. The molecule has 11 heteroatoms. The minimum atomic E-state index is -0.530. The van der Waals surface area contributed by atoms with E-state index in [1.54, 1.807) is 31.2 Å². The first kappa shape index (κ1) is 22.8. The summed E-state index contributed by atoms with van der Waals surface area (Å²) in [6, 6.07) is 13.4. The number of amides is 1. The topological polar surface area (TPSA) is 121 Å². The smallest absolute Gasteiger partial charge is 0.279 e. The number of carbonyl (C=O) groups excluding carboxylic acids is 1. The minimum Gasteiger partial charge on any atom is -0.305 e. The monoisotopic (exact) mass is 463 g/mol. The standard InChI is InChI=1S/C23H22FN7O3/c1-14-21(26-28-29(14)17-6-5-7-18(12-17)31(33)34)22(32)25-20-13-19(23(2,3)4)27-30(20)16-10-8-15(24)9-11-16/h5-13H,1-4H3,(H,25,32). The van der Waals surface area contributed by atoms with Crippen molar-refractivity contribution in [3.8, 4) is 11.4 Å². The zero-order valence-electron chi connectivity index (χ0n) is 19.0. The van der Waals surface area contributed by atoms with Crippen molar-refractivity contribution in [3.63, 3.8) is 0 Å². The predicted molar refractivity (Wildman–Crippen MR) is 123 cm³/mol. The second-order valence-electron chi connectivity index (χ2n) is 8.72. The number of nitrogens with zero attached hydrogens (tertiary/aromatic N) is 6. The molecule has 10 nitrogen and oxygen atoms in total. The molecular formula is C23H22FN7O3. The normalized spacial score (nSPS) is 11.4. The number of hydrogen-bond acceptors (Lipinski definition) is 6. The van der Waals surface area contributed by atoms with Crippen LogP contribution in [0.2, 0.25) is 0 Å². The van der Waals surface area contributed by atoms with Gasteiger partial charge in [-0.05, 0) is 37.3 Å². The van der Waals surface area contributed by atoms with Crippen molar-refractivity contribution in [1.29, 1.82) is 0 Å². The van der Waals surface area contributed by atoms with Crippen LogP contribution in [0.5, 0.6) is 0 Å². The Morgan fingerprint density at radius 2 is 1.76 bits per heavy atom. The SMILES string of the molecule is Cc1c(C(=O)Nc2cc(C(C)(C)C)nn2-c2ccc(F)cc2)nnn1-c1cccc([N+](=O)[O-])c1. The van der Waals surface area contributed by atoms with Crippen molar-refractivity contribution in [3.05, 3.63) is 87.6 Å². The van der Waals surface area contributed by atoms with Gasteiger partial charge in [-0.3, -0.25) is 14.9 Å². The molecule has 0 unspecified atom stereocenters. The number of nitrogens with one attached hydrogen (secondary N) is 1. The fourth-order valence-corrected chi connectivity index (χ4v) is 3.31. The van der Waals surface area contributed by atoms with Gasteiger partial charge in [0.05, 0.1) is 27.7 Å². The van der Waals surface area contributed by atoms with E-state index in [4.69, 9.17) is 0 Å². The Balaban J connectivity index is 1.68. The average Bonchev–Trinajstić information content (AvgIpc) is 3.38. The summed E-state index contributed by atoms with van der Waals surface area (Å²) in [6.07, 6.45) is 0. The number of non-ortho nitro benzene ring substituents is 1. The molecule has 1 N–H and O–H groups in total. The first-order chi connectivity index (χ1) is 16.0. The molecular weight excluding hydrogens is 441 g/mol. The number of carbonyl (C=O) groups is 1. The number of nitro benzene ring substituents is 1. The van der Waals surface area contributed by atoms with Gasteiger partial charge in [-0.1, -0.05) is 32.1 Å². The van der Waals surface area contributed by atoms with Gasteiger partial charge in [-0.15, -0.1) is 5.10 Å². The molecule has 4 rings (SSSR count). The van der Waals surface area contributed by atoms with Crippen molar-refractivity contribution >= 4 is 17.4 Å². The first-order valence-corrected chi connectivity index (χ1v) is 10.4. The van der Waals surface area contributed by atoms with Crippen LogP contribution in [0.3, 0.4) is 0 Å². The third-order valence-corrected chi connectivity index (χ3v) is 5.19. The molecule has 0 fully saturated rings. The van der Waals surface area contributed by atoms with E-state index in [9.17, 15) is 19.3 Å². The summed E-state index contributed by atoms with van der Waals surface area (Å²) in [5.74, 6) is -0.533. The molecule has 0 aliphatic rings. The minimum absolute atomic E-state index is 0.0515. The van der Waals surface area contributed by atoms with Crippen molar-refractivity contribution in [2.75, 3.05) is 5.32 Å². The molecule has 4 aromatic rings. The number of aromatic nitrogens is 5. The van der Waals surface area contributed by atoms with E-state index < -0.39 is 10.8 Å². The fraction of sp³-hybridized carbons (Fsp3) is 0.217. The van der Waals surface area contributed by atoms with Gasteiger partial charge >= 0.3 is 0 Å². The summed E-state index contributed by atoms with van der Waals surface area (Å²) < 4.78 is 16.3. The molecule has 2 aromatic carbocycles. The third-order valence-electron chi connectivity index (χ3n) is 5.19. The highest BCUT2D eigenvalue weighted by Crippen LogP contribution is 2.27. The Morgan fingerprint density at radius 1 is 1.06 bits per heavy atom. The van der Waals surface area contributed by atoms with Gasteiger partial charge in [0.15, 0.2) is 5.69 Å². The Hall–Kier alpha value is -4.41. The van der Waals surface area contributed by atoms with Crippen molar-refractivity contribution < 1.29 is 14.1 Å². The Morgan fingerprint density at radius 3 is 2.41 bits per heavy atom. The maximum atomic E-state index is 13.4. The van der Waals surface area contributed by atoms with Gasteiger partial charge in [0.2, 0.25) is 0 Å². The summed E-state index contributed by atoms with van der Waals surface area (Å²) in [5, 5.41) is 26.5. The summed E-state index contributed by atoms with van der Waals surface area (Å²) in [4.78, 5) is 23.7. The lowest BCUT2D eigenvalue weighted by atomic mass is 9.92. The fourth-order valence-electron chi connectivity index (χ4n) is 3.31. The van der Waals surface area contributed by atoms with Crippen molar-refractivity contribution in [2.45, 2.75) is 33.1 Å². The summed E-state index contributed by atoms with van der Waals surface area (Å²) >= 11 is 0. The quantitative estimate of drug-likeness (QED) is 0.347. The molecule has 2 heterocycles. The lowest BCUT2D eigenvalue weighted by molar-refractivity contribution is -0.384. The molecule has 0 saturated heterocycles. The highest BCUT2D eigenvalue weighted by Gasteiger charge is 2.24. The Bertz CT molecular complexity index is 1380. The van der Waals surface area contributed by atoms with Gasteiger partial charge in [-0.2, -0.15) is 5.10 Å².